The van der Waals surface area contributed by atoms with Crippen LogP contribution in [0.2, 0.25) is 0 Å². The van der Waals surface area contributed by atoms with Gasteiger partial charge in [0.1, 0.15) is 0 Å². The molecule has 0 aliphatic heterocycles. The minimum Gasteiger partial charge on any atom is -0.493 e. The number of para-hydroxylation sites is 1. The minimum atomic E-state index is -0.470. The van der Waals surface area contributed by atoms with Crippen molar-refractivity contribution in [2.75, 3.05) is 14.2 Å². The molecule has 0 aliphatic rings. The van der Waals surface area contributed by atoms with Crippen molar-refractivity contribution in [2.45, 2.75) is 0 Å². The molecule has 2 rings (SSSR count). The average Bonchev–Trinajstić information content (AvgIpc) is 2.93. The molecule has 7 heteroatoms. The molecule has 21 heavy (non-hydrogen) atoms. The fourth-order valence-electron chi connectivity index (χ4n) is 1.67. The number of benzene rings is 1. The molecule has 5 nitrogen and oxygen atoms in total. The van der Waals surface area contributed by atoms with E-state index in [9.17, 15) is 9.18 Å². The van der Waals surface area contributed by atoms with Gasteiger partial charge in [-0.15, -0.1) is 11.3 Å². The number of hydrogen-bond acceptors (Lipinski definition) is 5. The summed E-state index contributed by atoms with van der Waals surface area (Å²) in [4.78, 5) is 11.9. The highest BCUT2D eigenvalue weighted by Gasteiger charge is 2.09. The lowest BCUT2D eigenvalue weighted by molar-refractivity contribution is 0.0959. The van der Waals surface area contributed by atoms with Crippen LogP contribution in [-0.4, -0.2) is 26.3 Å². The zero-order valence-electron chi connectivity index (χ0n) is 11.4. The monoisotopic (exact) mass is 308 g/mol. The second-order valence-corrected chi connectivity index (χ2v) is 4.92. The summed E-state index contributed by atoms with van der Waals surface area (Å²) in [5.41, 5.74) is 2.98. The highest BCUT2D eigenvalue weighted by Crippen LogP contribution is 2.29. The van der Waals surface area contributed by atoms with Crippen LogP contribution in [-0.2, 0) is 0 Å². The number of hydrogen-bond donors (Lipinski definition) is 1. The number of carbonyl (C=O) groups excluding carboxylic acids is 1. The van der Waals surface area contributed by atoms with Crippen molar-refractivity contribution in [1.82, 2.24) is 5.43 Å². The van der Waals surface area contributed by atoms with Gasteiger partial charge >= 0.3 is 0 Å². The van der Waals surface area contributed by atoms with Crippen molar-refractivity contribution in [3.05, 3.63) is 45.9 Å². The highest BCUT2D eigenvalue weighted by atomic mass is 32.1. The van der Waals surface area contributed by atoms with Crippen molar-refractivity contribution >= 4 is 23.5 Å². The van der Waals surface area contributed by atoms with Crippen LogP contribution in [0, 0.1) is 5.13 Å². The maximum atomic E-state index is 12.8. The second-order valence-electron chi connectivity index (χ2n) is 3.89. The summed E-state index contributed by atoms with van der Waals surface area (Å²) in [7, 11) is 3.05. The first kappa shape index (κ1) is 15.0. The fraction of sp³-hybridized carbons (Fsp3) is 0.143. The molecule has 2 aromatic rings. The topological polar surface area (TPSA) is 59.9 Å². The molecule has 0 fully saturated rings. The first-order valence-electron chi connectivity index (χ1n) is 5.95. The Balaban J connectivity index is 2.09. The minimum absolute atomic E-state index is 0.252. The van der Waals surface area contributed by atoms with Crippen LogP contribution >= 0.6 is 11.3 Å². The number of rotatable bonds is 5. The van der Waals surface area contributed by atoms with Gasteiger partial charge in [-0.05, 0) is 24.3 Å². The van der Waals surface area contributed by atoms with Crippen LogP contribution in [0.15, 0.2) is 35.4 Å². The van der Waals surface area contributed by atoms with Crippen molar-refractivity contribution in [3.63, 3.8) is 0 Å². The van der Waals surface area contributed by atoms with E-state index in [0.29, 0.717) is 17.1 Å². The summed E-state index contributed by atoms with van der Waals surface area (Å²) >= 11 is 0.759. The molecular formula is C14H13FN2O3S. The molecule has 0 atom stereocenters. The number of ether oxygens (including phenoxy) is 2. The average molecular weight is 308 g/mol. The molecule has 1 N–H and O–H groups in total. The second kappa shape index (κ2) is 6.85. The number of nitrogens with one attached hydrogen (secondary N) is 1. The van der Waals surface area contributed by atoms with E-state index in [0.717, 1.165) is 11.3 Å². The van der Waals surface area contributed by atoms with Gasteiger partial charge < -0.3 is 9.47 Å². The van der Waals surface area contributed by atoms with Crippen molar-refractivity contribution in [2.24, 2.45) is 5.10 Å². The number of amides is 1. The van der Waals surface area contributed by atoms with E-state index in [1.807, 2.05) is 0 Å². The van der Waals surface area contributed by atoms with Gasteiger partial charge in [-0.3, -0.25) is 4.79 Å². The van der Waals surface area contributed by atoms with Gasteiger partial charge in [0.2, 0.25) is 0 Å². The Bertz CT molecular complexity index is 670. The molecule has 0 radical (unpaired) electrons. The maximum absolute atomic E-state index is 12.8. The Labute approximate surface area is 125 Å². The van der Waals surface area contributed by atoms with E-state index in [1.54, 1.807) is 18.2 Å². The largest absolute Gasteiger partial charge is 0.493 e. The number of halogens is 1. The zero-order chi connectivity index (χ0) is 15.2. The van der Waals surface area contributed by atoms with Crippen LogP contribution in [0.5, 0.6) is 11.5 Å². The molecule has 0 saturated heterocycles. The van der Waals surface area contributed by atoms with Gasteiger partial charge in [-0.2, -0.15) is 9.49 Å². The van der Waals surface area contributed by atoms with Gasteiger partial charge in [-0.25, -0.2) is 5.43 Å². The van der Waals surface area contributed by atoms with Gasteiger partial charge in [-0.1, -0.05) is 6.07 Å². The van der Waals surface area contributed by atoms with Crippen molar-refractivity contribution in [1.29, 1.82) is 0 Å². The SMILES string of the molecule is COc1cccc(C=NNC(=O)c2ccc(F)s2)c1OC. The molecule has 1 amide bonds. The predicted octanol–water partition coefficient (Wildman–Crippen LogP) is 2.67. The number of nitrogens with zero attached hydrogens (tertiary/aromatic N) is 1. The van der Waals surface area contributed by atoms with E-state index in [4.69, 9.17) is 9.47 Å². The summed E-state index contributed by atoms with van der Waals surface area (Å²) in [6.07, 6.45) is 1.43. The standard InChI is InChI=1S/C14H13FN2O3S/c1-19-10-5-3-4-9(13(10)20-2)8-16-17-14(18)11-6-7-12(15)21-11/h3-8H,1-2H3,(H,17,18). The molecule has 0 unspecified atom stereocenters. The Morgan fingerprint density at radius 2 is 2.10 bits per heavy atom. The van der Waals surface area contributed by atoms with E-state index in [-0.39, 0.29) is 4.88 Å². The third kappa shape index (κ3) is 3.57. The summed E-state index contributed by atoms with van der Waals surface area (Å²) in [5, 5.41) is 3.42. The van der Waals surface area contributed by atoms with Gasteiger partial charge in [0.05, 0.1) is 25.3 Å². The van der Waals surface area contributed by atoms with Gasteiger partial charge in [0.25, 0.3) is 5.91 Å². The number of methoxy groups -OCH3 is 2. The number of hydrazone groups is 1. The van der Waals surface area contributed by atoms with Crippen molar-refractivity contribution < 1.29 is 18.7 Å². The van der Waals surface area contributed by atoms with Gasteiger partial charge in [0.15, 0.2) is 16.6 Å². The van der Waals surface area contributed by atoms with E-state index in [2.05, 4.69) is 10.5 Å². The smallest absolute Gasteiger partial charge is 0.281 e. The maximum Gasteiger partial charge on any atom is 0.281 e. The van der Waals surface area contributed by atoms with E-state index < -0.39 is 11.0 Å². The van der Waals surface area contributed by atoms with Crippen molar-refractivity contribution in [3.8, 4) is 11.5 Å². The number of carbonyl (C=O) groups is 1. The Hall–Kier alpha value is -2.41. The molecule has 1 aromatic carbocycles. The quantitative estimate of drug-likeness (QED) is 0.682. The lowest BCUT2D eigenvalue weighted by atomic mass is 10.2. The predicted molar refractivity (Wildman–Crippen MR) is 78.9 cm³/mol. The first-order valence-corrected chi connectivity index (χ1v) is 6.77. The molecular weight excluding hydrogens is 295 g/mol. The lowest BCUT2D eigenvalue weighted by Gasteiger charge is -2.09. The Morgan fingerprint density at radius 1 is 1.29 bits per heavy atom. The first-order chi connectivity index (χ1) is 10.2. The highest BCUT2D eigenvalue weighted by molar-refractivity contribution is 7.12. The summed E-state index contributed by atoms with van der Waals surface area (Å²) in [6, 6.07) is 7.93. The van der Waals surface area contributed by atoms with E-state index in [1.165, 1.54) is 32.6 Å². The van der Waals surface area contributed by atoms with Crippen LogP contribution in [0.25, 0.3) is 0 Å². The number of thiophene rings is 1. The lowest BCUT2D eigenvalue weighted by Crippen LogP contribution is -2.16. The molecule has 0 spiro atoms. The Kier molecular flexibility index (Phi) is 4.89. The van der Waals surface area contributed by atoms with Crippen LogP contribution in [0.1, 0.15) is 15.2 Å². The molecule has 0 saturated carbocycles. The van der Waals surface area contributed by atoms with Crippen LogP contribution in [0.4, 0.5) is 4.39 Å². The fourth-order valence-corrected chi connectivity index (χ4v) is 2.29. The molecule has 1 aromatic heterocycles. The molecule has 0 bridgehead atoms. The van der Waals surface area contributed by atoms with Crippen LogP contribution in [0.3, 0.4) is 0 Å². The van der Waals surface area contributed by atoms with Crippen LogP contribution < -0.4 is 14.9 Å². The molecule has 1 heterocycles. The Morgan fingerprint density at radius 3 is 2.71 bits per heavy atom. The third-order valence-electron chi connectivity index (χ3n) is 2.60. The molecule has 0 aliphatic carbocycles. The molecule has 110 valence electrons. The summed E-state index contributed by atoms with van der Waals surface area (Å²) in [6.45, 7) is 0. The zero-order valence-corrected chi connectivity index (χ0v) is 12.2. The normalized spacial score (nSPS) is 10.6. The van der Waals surface area contributed by atoms with E-state index >= 15 is 0 Å². The summed E-state index contributed by atoms with van der Waals surface area (Å²) < 4.78 is 23.2. The summed E-state index contributed by atoms with van der Waals surface area (Å²) in [5.74, 6) is 0.607. The third-order valence-corrected chi connectivity index (χ3v) is 3.47. The van der Waals surface area contributed by atoms with Gasteiger partial charge in [0, 0.05) is 5.56 Å².